The van der Waals surface area contributed by atoms with Crippen LogP contribution in [-0.2, 0) is 6.42 Å². The first-order valence-corrected chi connectivity index (χ1v) is 8.41. The van der Waals surface area contributed by atoms with E-state index in [1.165, 1.54) is 18.1 Å². The van der Waals surface area contributed by atoms with Crippen molar-refractivity contribution in [2.75, 3.05) is 0 Å². The summed E-state index contributed by atoms with van der Waals surface area (Å²) in [5.41, 5.74) is 3.81. The van der Waals surface area contributed by atoms with Crippen LogP contribution >= 0.6 is 11.7 Å². The van der Waals surface area contributed by atoms with Gasteiger partial charge in [-0.3, -0.25) is 0 Å². The highest BCUT2D eigenvalue weighted by atomic mass is 32.1. The SMILES string of the molecule is CCC(C)Cc1ccc(C#Cc2cc3nsnc3cc2F)cc1. The van der Waals surface area contributed by atoms with E-state index in [4.69, 9.17) is 0 Å². The Balaban J connectivity index is 1.81. The Labute approximate surface area is 139 Å². The zero-order chi connectivity index (χ0) is 16.2. The fourth-order valence-electron chi connectivity index (χ4n) is 2.31. The lowest BCUT2D eigenvalue weighted by Gasteiger charge is -2.07. The topological polar surface area (TPSA) is 25.8 Å². The maximum absolute atomic E-state index is 14.0. The van der Waals surface area contributed by atoms with Crippen molar-refractivity contribution in [3.05, 3.63) is 58.9 Å². The molecule has 3 aromatic rings. The third-order valence-corrected chi connectivity index (χ3v) is 4.48. The van der Waals surface area contributed by atoms with Crippen LogP contribution in [-0.4, -0.2) is 8.75 Å². The Morgan fingerprint density at radius 2 is 1.78 bits per heavy atom. The molecule has 2 aromatic carbocycles. The second-order valence-electron chi connectivity index (χ2n) is 5.75. The van der Waals surface area contributed by atoms with Crippen LogP contribution in [0, 0.1) is 23.6 Å². The highest BCUT2D eigenvalue weighted by Gasteiger charge is 2.05. The summed E-state index contributed by atoms with van der Waals surface area (Å²) in [4.78, 5) is 0. The van der Waals surface area contributed by atoms with Crippen LogP contribution in [0.2, 0.25) is 0 Å². The molecule has 0 saturated heterocycles. The molecule has 4 heteroatoms. The number of hydrogen-bond donors (Lipinski definition) is 0. The molecule has 1 unspecified atom stereocenters. The van der Waals surface area contributed by atoms with Crippen LogP contribution in [0.15, 0.2) is 36.4 Å². The normalized spacial score (nSPS) is 12.0. The van der Waals surface area contributed by atoms with Crippen LogP contribution in [0.25, 0.3) is 11.0 Å². The average Bonchev–Trinajstić information content (AvgIpc) is 3.01. The van der Waals surface area contributed by atoms with E-state index < -0.39 is 0 Å². The molecule has 0 N–H and O–H groups in total. The lowest BCUT2D eigenvalue weighted by Crippen LogP contribution is -1.97. The van der Waals surface area contributed by atoms with E-state index in [0.717, 1.165) is 23.7 Å². The summed E-state index contributed by atoms with van der Waals surface area (Å²) in [6, 6.07) is 11.2. The molecule has 0 spiro atoms. The molecule has 3 rings (SSSR count). The molecule has 0 saturated carbocycles. The molecule has 1 atom stereocenters. The summed E-state index contributed by atoms with van der Waals surface area (Å²) < 4.78 is 22.1. The quantitative estimate of drug-likeness (QED) is 0.646. The van der Waals surface area contributed by atoms with Crippen LogP contribution < -0.4 is 0 Å². The predicted molar refractivity (Wildman–Crippen MR) is 93.0 cm³/mol. The van der Waals surface area contributed by atoms with Gasteiger partial charge in [0.15, 0.2) is 0 Å². The van der Waals surface area contributed by atoms with Crippen molar-refractivity contribution in [2.24, 2.45) is 5.92 Å². The molecule has 0 bridgehead atoms. The summed E-state index contributed by atoms with van der Waals surface area (Å²) in [7, 11) is 0. The van der Waals surface area contributed by atoms with Crippen molar-refractivity contribution in [1.82, 2.24) is 8.75 Å². The van der Waals surface area contributed by atoms with Crippen molar-refractivity contribution >= 4 is 22.8 Å². The highest BCUT2D eigenvalue weighted by Crippen LogP contribution is 2.17. The Morgan fingerprint density at radius 3 is 2.48 bits per heavy atom. The molecule has 0 aliphatic rings. The largest absolute Gasteiger partial charge is 0.206 e. The molecule has 0 radical (unpaired) electrons. The van der Waals surface area contributed by atoms with Crippen molar-refractivity contribution in [1.29, 1.82) is 0 Å². The van der Waals surface area contributed by atoms with E-state index in [0.29, 0.717) is 22.5 Å². The van der Waals surface area contributed by atoms with Gasteiger partial charge in [0.05, 0.1) is 17.3 Å². The Hall–Kier alpha value is -2.25. The van der Waals surface area contributed by atoms with E-state index in [9.17, 15) is 4.39 Å². The van der Waals surface area contributed by atoms with E-state index in [1.54, 1.807) is 6.07 Å². The Kier molecular flexibility index (Phi) is 4.68. The Bertz CT molecular complexity index is 872. The van der Waals surface area contributed by atoms with Crippen LogP contribution in [0.4, 0.5) is 4.39 Å². The fourth-order valence-corrected chi connectivity index (χ4v) is 2.82. The lowest BCUT2D eigenvalue weighted by molar-refractivity contribution is 0.560. The van der Waals surface area contributed by atoms with Gasteiger partial charge in [0.25, 0.3) is 0 Å². The molecule has 0 fully saturated rings. The van der Waals surface area contributed by atoms with Gasteiger partial charge in [-0.2, -0.15) is 8.75 Å². The smallest absolute Gasteiger partial charge is 0.141 e. The highest BCUT2D eigenvalue weighted by molar-refractivity contribution is 7.00. The standard InChI is InChI=1S/C19H17FN2S/c1-3-13(2)10-15-6-4-14(5-7-15)8-9-16-11-18-19(12-17(16)20)22-23-21-18/h4-7,11-13H,3,10H2,1-2H3. The molecule has 1 aromatic heterocycles. The second kappa shape index (κ2) is 6.89. The second-order valence-corrected chi connectivity index (χ2v) is 6.28. The molecule has 1 heterocycles. The van der Waals surface area contributed by atoms with Gasteiger partial charge in [-0.25, -0.2) is 4.39 Å². The Morgan fingerprint density at radius 1 is 1.09 bits per heavy atom. The maximum atomic E-state index is 14.0. The lowest BCUT2D eigenvalue weighted by atomic mass is 9.98. The average molecular weight is 324 g/mol. The maximum Gasteiger partial charge on any atom is 0.141 e. The van der Waals surface area contributed by atoms with Crippen molar-refractivity contribution in [3.8, 4) is 11.8 Å². The van der Waals surface area contributed by atoms with Gasteiger partial charge in [0.1, 0.15) is 16.9 Å². The van der Waals surface area contributed by atoms with Crippen molar-refractivity contribution in [2.45, 2.75) is 26.7 Å². The van der Waals surface area contributed by atoms with E-state index in [-0.39, 0.29) is 5.82 Å². The first-order chi connectivity index (χ1) is 11.2. The van der Waals surface area contributed by atoms with E-state index in [1.807, 2.05) is 12.1 Å². The van der Waals surface area contributed by atoms with Crippen LogP contribution in [0.1, 0.15) is 37.0 Å². The minimum atomic E-state index is -0.355. The van der Waals surface area contributed by atoms with E-state index in [2.05, 4.69) is 46.6 Å². The molecule has 23 heavy (non-hydrogen) atoms. The first kappa shape index (κ1) is 15.6. The van der Waals surface area contributed by atoms with Gasteiger partial charge in [-0.1, -0.05) is 44.2 Å². The summed E-state index contributed by atoms with van der Waals surface area (Å²) in [6.45, 7) is 4.45. The van der Waals surface area contributed by atoms with Gasteiger partial charge in [-0.05, 0) is 36.1 Å². The minimum Gasteiger partial charge on any atom is -0.206 e. The number of benzene rings is 2. The van der Waals surface area contributed by atoms with Gasteiger partial charge in [0.2, 0.25) is 0 Å². The van der Waals surface area contributed by atoms with Crippen molar-refractivity contribution < 1.29 is 4.39 Å². The number of hydrogen-bond acceptors (Lipinski definition) is 3. The van der Waals surface area contributed by atoms with Gasteiger partial charge >= 0.3 is 0 Å². The number of aromatic nitrogens is 2. The molecule has 0 amide bonds. The number of nitrogens with zero attached hydrogens (tertiary/aromatic N) is 2. The minimum absolute atomic E-state index is 0.355. The molecule has 0 aliphatic carbocycles. The molecular formula is C19H17FN2S. The fraction of sp³-hybridized carbons (Fsp3) is 0.263. The van der Waals surface area contributed by atoms with Crippen LogP contribution in [0.5, 0.6) is 0 Å². The number of fused-ring (bicyclic) bond motifs is 1. The molecule has 116 valence electrons. The zero-order valence-electron chi connectivity index (χ0n) is 13.1. The third-order valence-electron chi connectivity index (χ3n) is 3.92. The summed E-state index contributed by atoms with van der Waals surface area (Å²) in [5.74, 6) is 6.24. The molecule has 2 nitrogen and oxygen atoms in total. The van der Waals surface area contributed by atoms with Crippen LogP contribution in [0.3, 0.4) is 0 Å². The van der Waals surface area contributed by atoms with E-state index >= 15 is 0 Å². The molecular weight excluding hydrogens is 307 g/mol. The zero-order valence-corrected chi connectivity index (χ0v) is 14.0. The summed E-state index contributed by atoms with van der Waals surface area (Å²) in [6.07, 6.45) is 2.25. The van der Waals surface area contributed by atoms with Gasteiger partial charge < -0.3 is 0 Å². The molecule has 0 aliphatic heterocycles. The van der Waals surface area contributed by atoms with Gasteiger partial charge in [-0.15, -0.1) is 0 Å². The third kappa shape index (κ3) is 3.75. The predicted octanol–water partition coefficient (Wildman–Crippen LogP) is 4.82. The number of halogens is 1. The monoisotopic (exact) mass is 324 g/mol. The van der Waals surface area contributed by atoms with Gasteiger partial charge in [0, 0.05) is 11.6 Å². The van der Waals surface area contributed by atoms with Crippen molar-refractivity contribution in [3.63, 3.8) is 0 Å². The number of rotatable bonds is 3. The summed E-state index contributed by atoms with van der Waals surface area (Å²) in [5, 5.41) is 0. The summed E-state index contributed by atoms with van der Waals surface area (Å²) >= 11 is 1.08. The first-order valence-electron chi connectivity index (χ1n) is 7.68.